The predicted molar refractivity (Wildman–Crippen MR) is 162 cm³/mol. The summed E-state index contributed by atoms with van der Waals surface area (Å²) in [6, 6.07) is 22.0. The van der Waals surface area contributed by atoms with Crippen molar-refractivity contribution in [2.75, 3.05) is 32.7 Å². The maximum atomic E-state index is 13.4. The van der Waals surface area contributed by atoms with Crippen molar-refractivity contribution < 1.29 is 40.3 Å². The van der Waals surface area contributed by atoms with E-state index in [2.05, 4.69) is 4.98 Å². The summed E-state index contributed by atoms with van der Waals surface area (Å²) in [6.45, 7) is -0.0382. The Bertz CT molecular complexity index is 1910. The van der Waals surface area contributed by atoms with Crippen molar-refractivity contribution in [3.63, 3.8) is 0 Å². The number of hydrogen-bond acceptors (Lipinski definition) is 6. The topological polar surface area (TPSA) is 100 Å². The molecule has 1 fully saturated rings. The number of carbonyl (C=O) groups excluding carboxylic acids is 2. The van der Waals surface area contributed by atoms with Crippen molar-refractivity contribution in [1.29, 1.82) is 0 Å². The van der Waals surface area contributed by atoms with E-state index < -0.39 is 22.1 Å². The number of benzene rings is 3. The van der Waals surface area contributed by atoms with Gasteiger partial charge in [-0.2, -0.15) is 17.5 Å². The van der Waals surface area contributed by atoms with E-state index in [4.69, 9.17) is 4.74 Å². The highest BCUT2D eigenvalue weighted by Gasteiger charge is 2.43. The SMILES string of the molecule is O=C(c1cccc(-c2ccc(Oc3ccc(F)cc3)cc2)n1)N1CCN(S(=O)(=O)c2ccc3c(c2)CCN(C(=O)C(F)(F)F)C3)CC1. The number of sulfonamides is 1. The molecule has 2 aliphatic rings. The van der Waals surface area contributed by atoms with Crippen molar-refractivity contribution in [2.24, 2.45) is 0 Å². The van der Waals surface area contributed by atoms with E-state index >= 15 is 0 Å². The van der Waals surface area contributed by atoms with Crippen LogP contribution in [0.2, 0.25) is 0 Å². The third-order valence-corrected chi connectivity index (χ3v) is 9.95. The van der Waals surface area contributed by atoms with E-state index in [0.29, 0.717) is 33.2 Å². The summed E-state index contributed by atoms with van der Waals surface area (Å²) >= 11 is 0. The lowest BCUT2D eigenvalue weighted by molar-refractivity contribution is -0.186. The zero-order valence-electron chi connectivity index (χ0n) is 24.8. The molecule has 0 spiro atoms. The molecule has 14 heteroatoms. The van der Waals surface area contributed by atoms with E-state index in [1.54, 1.807) is 42.5 Å². The van der Waals surface area contributed by atoms with Crippen LogP contribution in [0.1, 0.15) is 21.6 Å². The zero-order valence-corrected chi connectivity index (χ0v) is 25.6. The van der Waals surface area contributed by atoms with Gasteiger partial charge in [0.25, 0.3) is 5.91 Å². The first-order valence-corrected chi connectivity index (χ1v) is 16.1. The number of pyridine rings is 1. The molecule has 0 bridgehead atoms. The molecule has 1 aromatic heterocycles. The monoisotopic (exact) mass is 668 g/mol. The number of fused-ring (bicyclic) bond motifs is 1. The molecule has 3 heterocycles. The Morgan fingerprint density at radius 3 is 2.09 bits per heavy atom. The molecule has 1 saturated heterocycles. The average molecular weight is 669 g/mol. The summed E-state index contributed by atoms with van der Waals surface area (Å²) in [5, 5.41) is 0. The Hall–Kier alpha value is -4.82. The van der Waals surface area contributed by atoms with Crippen molar-refractivity contribution in [2.45, 2.75) is 24.0 Å². The third kappa shape index (κ3) is 6.98. The van der Waals surface area contributed by atoms with Gasteiger partial charge in [-0.25, -0.2) is 17.8 Å². The standard InChI is InChI=1S/C33H28F4N4O5S/c34-25-7-11-27(12-8-25)46-26-9-4-22(5-10-26)29-2-1-3-30(38-29)31(42)39-16-18-41(19-17-39)47(44,45)28-13-6-24-21-40(15-14-23(24)20-28)32(43)33(35,36)37/h1-13,20H,14-19,21H2. The quantitative estimate of drug-likeness (QED) is 0.260. The first-order valence-electron chi connectivity index (χ1n) is 14.7. The molecule has 0 N–H and O–H groups in total. The van der Waals surface area contributed by atoms with Gasteiger partial charge in [0.2, 0.25) is 10.0 Å². The van der Waals surface area contributed by atoms with Gasteiger partial charge < -0.3 is 14.5 Å². The van der Waals surface area contributed by atoms with Gasteiger partial charge in [-0.1, -0.05) is 12.1 Å². The van der Waals surface area contributed by atoms with E-state index in [1.807, 2.05) is 0 Å². The van der Waals surface area contributed by atoms with Gasteiger partial charge in [0.1, 0.15) is 23.0 Å². The number of ether oxygens (including phenoxy) is 1. The van der Waals surface area contributed by atoms with Crippen LogP contribution in [0.3, 0.4) is 0 Å². The number of aromatic nitrogens is 1. The molecule has 0 atom stereocenters. The van der Waals surface area contributed by atoms with Crippen molar-refractivity contribution >= 4 is 21.8 Å². The van der Waals surface area contributed by atoms with E-state index in [0.717, 1.165) is 5.56 Å². The maximum Gasteiger partial charge on any atom is 0.471 e. The Morgan fingerprint density at radius 2 is 1.43 bits per heavy atom. The molecule has 2 amide bonds. The first-order chi connectivity index (χ1) is 22.4. The van der Waals surface area contributed by atoms with Crippen LogP contribution in [0.25, 0.3) is 11.3 Å². The average Bonchev–Trinajstić information content (AvgIpc) is 3.08. The zero-order chi connectivity index (χ0) is 33.3. The van der Waals surface area contributed by atoms with Gasteiger partial charge in [0.15, 0.2) is 0 Å². The Kier molecular flexibility index (Phi) is 8.72. The highest BCUT2D eigenvalue weighted by atomic mass is 32.2. The Morgan fingerprint density at radius 1 is 0.766 bits per heavy atom. The molecule has 2 aliphatic heterocycles. The number of rotatable bonds is 6. The largest absolute Gasteiger partial charge is 0.471 e. The number of alkyl halides is 3. The van der Waals surface area contributed by atoms with Crippen LogP contribution in [-0.2, 0) is 27.8 Å². The molecule has 0 saturated carbocycles. The molecule has 0 radical (unpaired) electrons. The number of hydrogen-bond donors (Lipinski definition) is 0. The van der Waals surface area contributed by atoms with Gasteiger partial charge in [-0.05, 0) is 90.3 Å². The summed E-state index contributed by atoms with van der Waals surface area (Å²) in [4.78, 5) is 31.8. The van der Waals surface area contributed by atoms with Crippen molar-refractivity contribution in [1.82, 2.24) is 19.1 Å². The van der Waals surface area contributed by atoms with Gasteiger partial charge in [-0.3, -0.25) is 9.59 Å². The molecule has 0 aliphatic carbocycles. The van der Waals surface area contributed by atoms with E-state index in [9.17, 15) is 35.6 Å². The number of piperazine rings is 1. The normalized spacial score (nSPS) is 15.7. The molecule has 9 nitrogen and oxygen atoms in total. The summed E-state index contributed by atoms with van der Waals surface area (Å²) < 4.78 is 85.6. The Labute approximate surface area is 268 Å². The number of halogens is 4. The lowest BCUT2D eigenvalue weighted by Crippen LogP contribution is -2.50. The summed E-state index contributed by atoms with van der Waals surface area (Å²) in [7, 11) is -3.94. The molecule has 6 rings (SSSR count). The first kappa shape index (κ1) is 32.1. The number of carbonyl (C=O) groups is 2. The fraction of sp³-hybridized carbons (Fsp3) is 0.242. The molecule has 4 aromatic rings. The Balaban J connectivity index is 1.07. The molecular formula is C33H28F4N4O5S. The minimum absolute atomic E-state index is 0.00933. The van der Waals surface area contributed by atoms with Crippen LogP contribution in [-0.4, -0.2) is 78.2 Å². The predicted octanol–water partition coefficient (Wildman–Crippen LogP) is 5.27. The molecule has 244 valence electrons. The van der Waals surface area contributed by atoms with Crippen molar-refractivity contribution in [3.05, 3.63) is 108 Å². The van der Waals surface area contributed by atoms with Gasteiger partial charge in [0.05, 0.1) is 10.6 Å². The summed E-state index contributed by atoms with van der Waals surface area (Å²) in [6.07, 6.45) is -4.87. The molecule has 47 heavy (non-hydrogen) atoms. The molecule has 3 aromatic carbocycles. The summed E-state index contributed by atoms with van der Waals surface area (Å²) in [5.41, 5.74) is 2.55. The van der Waals surface area contributed by atoms with E-state index in [1.165, 1.54) is 51.7 Å². The summed E-state index contributed by atoms with van der Waals surface area (Å²) in [5.74, 6) is -1.60. The van der Waals surface area contributed by atoms with Crippen LogP contribution >= 0.6 is 0 Å². The molecular weight excluding hydrogens is 640 g/mol. The molecule has 0 unspecified atom stereocenters. The second kappa shape index (κ2) is 12.8. The fourth-order valence-electron chi connectivity index (χ4n) is 5.53. The second-order valence-electron chi connectivity index (χ2n) is 11.1. The van der Waals surface area contributed by atoms with Gasteiger partial charge in [0, 0.05) is 44.8 Å². The minimum Gasteiger partial charge on any atom is -0.457 e. The lowest BCUT2D eigenvalue weighted by atomic mass is 10.00. The van der Waals surface area contributed by atoms with Crippen LogP contribution < -0.4 is 4.74 Å². The lowest BCUT2D eigenvalue weighted by Gasteiger charge is -2.34. The minimum atomic E-state index is -4.97. The van der Waals surface area contributed by atoms with Crippen LogP contribution in [0.4, 0.5) is 17.6 Å². The second-order valence-corrected chi connectivity index (χ2v) is 13.0. The van der Waals surface area contributed by atoms with Crippen LogP contribution in [0.15, 0.2) is 89.8 Å². The highest BCUT2D eigenvalue weighted by molar-refractivity contribution is 7.89. The smallest absolute Gasteiger partial charge is 0.457 e. The van der Waals surface area contributed by atoms with E-state index in [-0.39, 0.29) is 68.0 Å². The van der Waals surface area contributed by atoms with Gasteiger partial charge in [-0.15, -0.1) is 0 Å². The van der Waals surface area contributed by atoms with Crippen molar-refractivity contribution in [3.8, 4) is 22.8 Å². The van der Waals surface area contributed by atoms with Crippen LogP contribution in [0.5, 0.6) is 11.5 Å². The number of amides is 2. The number of nitrogens with zero attached hydrogens (tertiary/aromatic N) is 4. The van der Waals surface area contributed by atoms with Crippen LogP contribution in [0, 0.1) is 5.82 Å². The third-order valence-electron chi connectivity index (χ3n) is 8.05. The van der Waals surface area contributed by atoms with Gasteiger partial charge >= 0.3 is 12.1 Å². The highest BCUT2D eigenvalue weighted by Crippen LogP contribution is 2.29. The maximum absolute atomic E-state index is 13.4. The fourth-order valence-corrected chi connectivity index (χ4v) is 7.01.